The van der Waals surface area contributed by atoms with Crippen molar-refractivity contribution in [1.82, 2.24) is 4.98 Å². The van der Waals surface area contributed by atoms with Gasteiger partial charge in [0.25, 0.3) is 0 Å². The third kappa shape index (κ3) is 4.58. The Morgan fingerprint density at radius 2 is 1.95 bits per heavy atom. The molecule has 0 radical (unpaired) electrons. The molecule has 1 aromatic rings. The van der Waals surface area contributed by atoms with Crippen LogP contribution in [0.25, 0.3) is 0 Å². The van der Waals surface area contributed by atoms with Gasteiger partial charge in [0.15, 0.2) is 5.69 Å². The average molecular weight is 313 g/mol. The summed E-state index contributed by atoms with van der Waals surface area (Å²) in [4.78, 5) is 3.24. The lowest BCUT2D eigenvalue weighted by Crippen LogP contribution is -2.19. The van der Waals surface area contributed by atoms with Crippen LogP contribution in [0, 0.1) is 0 Å². The molecule has 1 unspecified atom stereocenters. The number of pyridine rings is 1. The van der Waals surface area contributed by atoms with Crippen molar-refractivity contribution < 1.29 is 17.4 Å². The highest BCUT2D eigenvalue weighted by atomic mass is 35.5. The summed E-state index contributed by atoms with van der Waals surface area (Å²) >= 11 is 5.50. The van der Waals surface area contributed by atoms with E-state index in [2.05, 4.69) is 9.38 Å². The largest absolute Gasteiger partial charge is 0.434 e. The second-order valence-corrected chi connectivity index (χ2v) is 7.03. The molecule has 1 aromatic heterocycles. The van der Waals surface area contributed by atoms with Crippen molar-refractivity contribution in [2.24, 2.45) is 4.40 Å². The maximum Gasteiger partial charge on any atom is 0.434 e. The van der Waals surface area contributed by atoms with Gasteiger partial charge in [0.1, 0.15) is 11.0 Å². The third-order valence-corrected chi connectivity index (χ3v) is 3.58. The van der Waals surface area contributed by atoms with Gasteiger partial charge >= 0.3 is 6.18 Å². The summed E-state index contributed by atoms with van der Waals surface area (Å²) in [6, 6.07) is 1.08. The van der Waals surface area contributed by atoms with Gasteiger partial charge in [-0.1, -0.05) is 11.6 Å². The minimum atomic E-state index is -4.60. The fourth-order valence-electron chi connectivity index (χ4n) is 0.999. The van der Waals surface area contributed by atoms with Gasteiger partial charge in [-0.25, -0.2) is 9.19 Å². The topological polar surface area (TPSA) is 42.3 Å². The number of hydrogen-bond acceptors (Lipinski definition) is 2. The van der Waals surface area contributed by atoms with E-state index in [1.54, 1.807) is 20.8 Å². The summed E-state index contributed by atoms with van der Waals surface area (Å²) in [7, 11) is -1.49. The van der Waals surface area contributed by atoms with Gasteiger partial charge in [0.05, 0.1) is 9.77 Å². The molecule has 0 aliphatic heterocycles. The van der Waals surface area contributed by atoms with Crippen molar-refractivity contribution in [2.75, 3.05) is 0 Å². The smallest absolute Gasteiger partial charge is 0.250 e. The molecule has 0 fully saturated rings. The molecule has 0 saturated heterocycles. The molecule has 1 atom stereocenters. The van der Waals surface area contributed by atoms with Crippen LogP contribution in [-0.2, 0) is 17.2 Å². The van der Waals surface area contributed by atoms with Crippen LogP contribution in [0.1, 0.15) is 32.0 Å². The highest BCUT2D eigenvalue weighted by molar-refractivity contribution is 7.85. The number of nitrogens with zero attached hydrogens (tertiary/aromatic N) is 2. The van der Waals surface area contributed by atoms with Crippen LogP contribution in [0.4, 0.5) is 13.2 Å². The molecule has 3 nitrogen and oxygen atoms in total. The highest BCUT2D eigenvalue weighted by Gasteiger charge is 2.35. The van der Waals surface area contributed by atoms with E-state index in [-0.39, 0.29) is 5.56 Å². The van der Waals surface area contributed by atoms with Crippen LogP contribution in [0.5, 0.6) is 0 Å². The van der Waals surface area contributed by atoms with Crippen molar-refractivity contribution >= 4 is 28.8 Å². The Morgan fingerprint density at radius 3 is 2.37 bits per heavy atom. The zero-order chi connectivity index (χ0) is 14.8. The van der Waals surface area contributed by atoms with E-state index in [1.165, 1.54) is 6.21 Å². The van der Waals surface area contributed by atoms with E-state index in [9.17, 15) is 17.4 Å². The number of rotatable bonds is 2. The minimum absolute atomic E-state index is 0.260. The van der Waals surface area contributed by atoms with Gasteiger partial charge in [0, 0.05) is 18.0 Å². The summed E-state index contributed by atoms with van der Waals surface area (Å²) in [5, 5.41) is -0.516. The van der Waals surface area contributed by atoms with Crippen LogP contribution >= 0.6 is 11.6 Å². The Balaban J connectivity index is 2.98. The Hall–Kier alpha value is -0.950. The molecule has 0 aliphatic rings. The molecule has 8 heteroatoms. The van der Waals surface area contributed by atoms with E-state index in [1.807, 2.05) is 0 Å². The SMILES string of the molecule is CC(C)(C)S(=O)N=Cc1cnc(C(F)(F)F)c(Cl)c1. The lowest BCUT2D eigenvalue weighted by atomic mass is 10.2. The number of alkyl halides is 3. The summed E-state index contributed by atoms with van der Waals surface area (Å²) < 4.78 is 52.1. The summed E-state index contributed by atoms with van der Waals surface area (Å²) in [5.74, 6) is 0. The van der Waals surface area contributed by atoms with Crippen molar-refractivity contribution in [1.29, 1.82) is 0 Å². The van der Waals surface area contributed by atoms with E-state index >= 15 is 0 Å². The van der Waals surface area contributed by atoms with E-state index in [4.69, 9.17) is 11.6 Å². The second-order valence-electron chi connectivity index (χ2n) is 4.69. The third-order valence-electron chi connectivity index (χ3n) is 1.95. The number of aromatic nitrogens is 1. The molecule has 0 N–H and O–H groups in total. The van der Waals surface area contributed by atoms with Crippen molar-refractivity contribution in [3.63, 3.8) is 0 Å². The molecule has 1 rings (SSSR count). The van der Waals surface area contributed by atoms with Crippen molar-refractivity contribution in [3.05, 3.63) is 28.5 Å². The van der Waals surface area contributed by atoms with E-state index in [0.29, 0.717) is 0 Å². The van der Waals surface area contributed by atoms with E-state index < -0.39 is 32.6 Å². The van der Waals surface area contributed by atoms with Crippen molar-refractivity contribution in [2.45, 2.75) is 31.7 Å². The van der Waals surface area contributed by atoms with Crippen LogP contribution in [-0.4, -0.2) is 20.2 Å². The maximum atomic E-state index is 12.4. The molecule has 0 saturated carbocycles. The minimum Gasteiger partial charge on any atom is -0.250 e. The van der Waals surface area contributed by atoms with Crippen LogP contribution in [0.3, 0.4) is 0 Å². The molecule has 106 valence electrons. The Kier molecular flexibility index (Phi) is 4.73. The van der Waals surface area contributed by atoms with E-state index in [0.717, 1.165) is 12.3 Å². The molecule has 1 heterocycles. The summed E-state index contributed by atoms with van der Waals surface area (Å²) in [6.07, 6.45) is -2.42. The van der Waals surface area contributed by atoms with Crippen LogP contribution in [0.2, 0.25) is 5.02 Å². The standard InChI is InChI=1S/C11H12ClF3N2OS/c1-10(2,3)19(18)17-6-7-4-8(12)9(16-5-7)11(13,14)15/h4-6H,1-3H3. The Morgan fingerprint density at radius 1 is 1.37 bits per heavy atom. The summed E-state index contributed by atoms with van der Waals surface area (Å²) in [6.45, 7) is 5.20. The number of halogens is 4. The predicted molar refractivity (Wildman–Crippen MR) is 69.7 cm³/mol. The summed E-state index contributed by atoms with van der Waals surface area (Å²) in [5.41, 5.74) is -0.890. The quantitative estimate of drug-likeness (QED) is 0.782. The van der Waals surface area contributed by atoms with Gasteiger partial charge < -0.3 is 0 Å². The second kappa shape index (κ2) is 5.58. The van der Waals surface area contributed by atoms with Crippen molar-refractivity contribution in [3.8, 4) is 0 Å². The average Bonchev–Trinajstić information content (AvgIpc) is 2.22. The first kappa shape index (κ1) is 16.1. The zero-order valence-corrected chi connectivity index (χ0v) is 12.0. The maximum absolute atomic E-state index is 12.4. The molecular weight excluding hydrogens is 301 g/mol. The van der Waals surface area contributed by atoms with Crippen LogP contribution in [0.15, 0.2) is 16.7 Å². The van der Waals surface area contributed by atoms with Gasteiger partial charge in [-0.2, -0.15) is 17.6 Å². The van der Waals surface area contributed by atoms with Crippen LogP contribution < -0.4 is 0 Å². The highest BCUT2D eigenvalue weighted by Crippen LogP contribution is 2.32. The first-order valence-electron chi connectivity index (χ1n) is 5.20. The first-order valence-corrected chi connectivity index (χ1v) is 6.69. The van der Waals surface area contributed by atoms with Gasteiger partial charge in [0.2, 0.25) is 0 Å². The fourth-order valence-corrected chi connectivity index (χ4v) is 1.81. The van der Waals surface area contributed by atoms with Gasteiger partial charge in [-0.15, -0.1) is 0 Å². The molecule has 0 spiro atoms. The first-order chi connectivity index (χ1) is 8.51. The Bertz CT molecular complexity index is 524. The lowest BCUT2D eigenvalue weighted by molar-refractivity contribution is -0.141. The van der Waals surface area contributed by atoms with Gasteiger partial charge in [-0.3, -0.25) is 0 Å². The molecule has 19 heavy (non-hydrogen) atoms. The fraction of sp³-hybridized carbons (Fsp3) is 0.455. The molecule has 0 aromatic carbocycles. The Labute approximate surface area is 116 Å². The predicted octanol–water partition coefficient (Wildman–Crippen LogP) is 3.63. The zero-order valence-electron chi connectivity index (χ0n) is 10.5. The lowest BCUT2D eigenvalue weighted by Gasteiger charge is -2.12. The molecule has 0 bridgehead atoms. The number of hydrogen-bond donors (Lipinski definition) is 0. The molecule has 0 amide bonds. The van der Waals surface area contributed by atoms with Gasteiger partial charge in [-0.05, 0) is 26.8 Å². The normalized spacial score (nSPS) is 14.9. The molecule has 0 aliphatic carbocycles. The molecular formula is C11H12ClF3N2OS. The monoisotopic (exact) mass is 312 g/mol.